The first kappa shape index (κ1) is 18.6. The van der Waals surface area contributed by atoms with Crippen molar-refractivity contribution in [1.82, 2.24) is 20.4 Å². The number of carbonyl (C=O) groups is 1. The molecule has 0 atom stereocenters. The van der Waals surface area contributed by atoms with E-state index in [1.165, 1.54) is 6.20 Å². The van der Waals surface area contributed by atoms with Gasteiger partial charge in [-0.15, -0.1) is 0 Å². The quantitative estimate of drug-likeness (QED) is 0.824. The topological polar surface area (TPSA) is 90.1 Å². The molecule has 1 fully saturated rings. The summed E-state index contributed by atoms with van der Waals surface area (Å²) in [6, 6.07) is 1.57. The third kappa shape index (κ3) is 3.98. The van der Waals surface area contributed by atoms with E-state index < -0.39 is 5.54 Å². The Balaban J connectivity index is 1.77. The van der Waals surface area contributed by atoms with E-state index >= 15 is 0 Å². The maximum atomic E-state index is 12.8. The Morgan fingerprint density at radius 1 is 1.42 bits per heavy atom. The molecule has 7 nitrogen and oxygen atoms in total. The molecule has 8 heteroatoms. The molecule has 0 bridgehead atoms. The van der Waals surface area contributed by atoms with E-state index in [1.807, 2.05) is 13.8 Å². The molecule has 140 valence electrons. The summed E-state index contributed by atoms with van der Waals surface area (Å²) in [5, 5.41) is 7.41. The summed E-state index contributed by atoms with van der Waals surface area (Å²) in [6.07, 6.45) is 5.01. The third-order valence-electron chi connectivity index (χ3n) is 4.39. The molecule has 3 rings (SSSR count). The minimum atomic E-state index is -0.603. The Morgan fingerprint density at radius 3 is 2.73 bits per heavy atom. The fourth-order valence-electron chi connectivity index (χ4n) is 3.07. The van der Waals surface area contributed by atoms with E-state index in [2.05, 4.69) is 20.4 Å². The monoisotopic (exact) mass is 378 g/mol. The van der Waals surface area contributed by atoms with E-state index in [-0.39, 0.29) is 5.91 Å². The summed E-state index contributed by atoms with van der Waals surface area (Å²) >= 11 is 6.22. The molecule has 0 aliphatic heterocycles. The highest BCUT2D eigenvalue weighted by Crippen LogP contribution is 2.37. The van der Waals surface area contributed by atoms with Crippen molar-refractivity contribution in [2.24, 2.45) is 5.92 Å². The van der Waals surface area contributed by atoms with Crippen molar-refractivity contribution in [1.29, 1.82) is 0 Å². The Kier molecular flexibility index (Phi) is 5.46. The number of hydrogen-bond donors (Lipinski definition) is 1. The zero-order valence-corrected chi connectivity index (χ0v) is 16.0. The Labute approximate surface area is 157 Å². The van der Waals surface area contributed by atoms with Crippen LogP contribution in [0.25, 0.3) is 0 Å². The summed E-state index contributed by atoms with van der Waals surface area (Å²) in [6.45, 7) is 6.33. The van der Waals surface area contributed by atoms with E-state index in [0.717, 1.165) is 25.7 Å². The molecule has 1 saturated carbocycles. The lowest BCUT2D eigenvalue weighted by Crippen LogP contribution is -2.44. The molecule has 1 N–H and O–H groups in total. The summed E-state index contributed by atoms with van der Waals surface area (Å²) in [5.74, 6) is 1.44. The standard InChI is InChI=1S/C18H23ClN4O3/c1-11(2)10-25-16-14(19)8-13(9-20-16)15(24)22-18(6-4-5-7-18)17-21-12(3)26-23-17/h8-9,11H,4-7,10H2,1-3H3,(H,22,24). The molecule has 26 heavy (non-hydrogen) atoms. The number of aromatic nitrogens is 3. The maximum absolute atomic E-state index is 12.8. The fourth-order valence-corrected chi connectivity index (χ4v) is 3.29. The zero-order valence-electron chi connectivity index (χ0n) is 15.2. The SMILES string of the molecule is Cc1nc(C2(NC(=O)c3cnc(OCC(C)C)c(Cl)c3)CCCC2)no1. The van der Waals surface area contributed by atoms with Gasteiger partial charge in [-0.3, -0.25) is 4.79 Å². The molecule has 2 heterocycles. The van der Waals surface area contributed by atoms with Gasteiger partial charge < -0.3 is 14.6 Å². The first-order chi connectivity index (χ1) is 12.4. The van der Waals surface area contributed by atoms with Crippen LogP contribution in [-0.2, 0) is 5.54 Å². The average molecular weight is 379 g/mol. The van der Waals surface area contributed by atoms with E-state index in [1.54, 1.807) is 13.0 Å². The lowest BCUT2D eigenvalue weighted by Gasteiger charge is -2.26. The number of nitrogens with zero attached hydrogens (tertiary/aromatic N) is 3. The highest BCUT2D eigenvalue weighted by molar-refractivity contribution is 6.32. The van der Waals surface area contributed by atoms with E-state index in [9.17, 15) is 4.79 Å². The van der Waals surface area contributed by atoms with Crippen molar-refractivity contribution in [2.45, 2.75) is 52.0 Å². The molecule has 1 aliphatic rings. The maximum Gasteiger partial charge on any atom is 0.253 e. The highest BCUT2D eigenvalue weighted by Gasteiger charge is 2.41. The van der Waals surface area contributed by atoms with Crippen LogP contribution in [0, 0.1) is 12.8 Å². The van der Waals surface area contributed by atoms with Gasteiger partial charge >= 0.3 is 0 Å². The second kappa shape index (κ2) is 7.61. The van der Waals surface area contributed by atoms with Crippen molar-refractivity contribution in [3.8, 4) is 5.88 Å². The minimum Gasteiger partial charge on any atom is -0.476 e. The van der Waals surface area contributed by atoms with Gasteiger partial charge in [-0.1, -0.05) is 43.4 Å². The second-order valence-electron chi connectivity index (χ2n) is 7.10. The van der Waals surface area contributed by atoms with Crippen LogP contribution in [0.1, 0.15) is 61.6 Å². The van der Waals surface area contributed by atoms with Gasteiger partial charge in [0, 0.05) is 13.1 Å². The second-order valence-corrected chi connectivity index (χ2v) is 7.50. The molecule has 0 saturated heterocycles. The van der Waals surface area contributed by atoms with Gasteiger partial charge in [0.15, 0.2) is 5.82 Å². The van der Waals surface area contributed by atoms with Crippen molar-refractivity contribution in [3.05, 3.63) is 34.6 Å². The molecule has 0 spiro atoms. The lowest BCUT2D eigenvalue weighted by atomic mass is 9.96. The van der Waals surface area contributed by atoms with Crippen LogP contribution in [0.4, 0.5) is 0 Å². The number of pyridine rings is 1. The third-order valence-corrected chi connectivity index (χ3v) is 4.66. The van der Waals surface area contributed by atoms with Crippen LogP contribution in [0.5, 0.6) is 5.88 Å². The number of ether oxygens (including phenoxy) is 1. The molecule has 1 amide bonds. The largest absolute Gasteiger partial charge is 0.476 e. The van der Waals surface area contributed by atoms with Crippen LogP contribution in [0.15, 0.2) is 16.8 Å². The number of carbonyl (C=O) groups excluding carboxylic acids is 1. The van der Waals surface area contributed by atoms with Gasteiger partial charge in [0.25, 0.3) is 5.91 Å². The van der Waals surface area contributed by atoms with Gasteiger partial charge in [0.05, 0.1) is 12.2 Å². The predicted molar refractivity (Wildman–Crippen MR) is 96.2 cm³/mol. The summed E-state index contributed by atoms with van der Waals surface area (Å²) in [7, 11) is 0. The molecular weight excluding hydrogens is 356 g/mol. The number of amides is 1. The molecule has 0 radical (unpaired) electrons. The van der Waals surface area contributed by atoms with E-state index in [4.69, 9.17) is 20.9 Å². The van der Waals surface area contributed by atoms with E-state index in [0.29, 0.717) is 40.7 Å². The highest BCUT2D eigenvalue weighted by atomic mass is 35.5. The molecule has 2 aromatic rings. The summed E-state index contributed by atoms with van der Waals surface area (Å²) in [4.78, 5) is 21.3. The number of aryl methyl sites for hydroxylation is 1. The van der Waals surface area contributed by atoms with Crippen LogP contribution in [0.2, 0.25) is 5.02 Å². The van der Waals surface area contributed by atoms with Crippen LogP contribution in [0.3, 0.4) is 0 Å². The van der Waals surface area contributed by atoms with Gasteiger partial charge in [-0.25, -0.2) is 4.98 Å². The first-order valence-electron chi connectivity index (χ1n) is 8.81. The van der Waals surface area contributed by atoms with Crippen LogP contribution >= 0.6 is 11.6 Å². The average Bonchev–Trinajstić information content (AvgIpc) is 3.23. The molecule has 0 unspecified atom stereocenters. The minimum absolute atomic E-state index is 0.265. The number of rotatable bonds is 6. The Bertz CT molecular complexity index is 784. The number of halogens is 1. The van der Waals surface area contributed by atoms with Crippen LogP contribution < -0.4 is 10.1 Å². The van der Waals surface area contributed by atoms with Gasteiger partial charge in [0.1, 0.15) is 10.6 Å². The summed E-state index contributed by atoms with van der Waals surface area (Å²) < 4.78 is 10.7. The number of hydrogen-bond acceptors (Lipinski definition) is 6. The molecule has 1 aliphatic carbocycles. The fraction of sp³-hybridized carbons (Fsp3) is 0.556. The van der Waals surface area contributed by atoms with Crippen molar-refractivity contribution in [2.75, 3.05) is 6.61 Å². The predicted octanol–water partition coefficient (Wildman–Crippen LogP) is 3.66. The van der Waals surface area contributed by atoms with Gasteiger partial charge in [0.2, 0.25) is 11.8 Å². The smallest absolute Gasteiger partial charge is 0.253 e. The van der Waals surface area contributed by atoms with Crippen LogP contribution in [-0.4, -0.2) is 27.6 Å². The Hall–Kier alpha value is -2.15. The first-order valence-corrected chi connectivity index (χ1v) is 9.19. The van der Waals surface area contributed by atoms with Crippen molar-refractivity contribution in [3.63, 3.8) is 0 Å². The number of nitrogens with one attached hydrogen (secondary N) is 1. The van der Waals surface area contributed by atoms with Gasteiger partial charge in [-0.05, 0) is 24.8 Å². The van der Waals surface area contributed by atoms with Crippen molar-refractivity contribution >= 4 is 17.5 Å². The lowest BCUT2D eigenvalue weighted by molar-refractivity contribution is 0.0891. The van der Waals surface area contributed by atoms with Crippen molar-refractivity contribution < 1.29 is 14.1 Å². The molecular formula is C18H23ClN4O3. The summed E-state index contributed by atoms with van der Waals surface area (Å²) in [5.41, 5.74) is -0.230. The Morgan fingerprint density at radius 2 is 2.15 bits per heavy atom. The normalized spacial score (nSPS) is 16.0. The zero-order chi connectivity index (χ0) is 18.7. The molecule has 0 aromatic carbocycles. The molecule has 2 aromatic heterocycles. The van der Waals surface area contributed by atoms with Gasteiger partial charge in [-0.2, -0.15) is 4.98 Å².